The standard InChI is InChI=1S/C22H16ClN3O5S/c1-12-18(21(28)31-2)19(13-7-9-15(23)10-8-13)25-20(27)17(32-22(25)24-12)11-14-5-3-4-6-16(14)26(29)30/h3-11,19H,1-2H3/b17-11-. The Morgan fingerprint density at radius 2 is 1.94 bits per heavy atom. The SMILES string of the molecule is COC(=O)C1=C(C)N=c2s/c(=C\c3ccccc3[N+](=O)[O-])c(=O)n2C1c1ccc(Cl)cc1. The third kappa shape index (κ3) is 3.76. The van der Waals surface area contributed by atoms with Crippen molar-refractivity contribution in [3.63, 3.8) is 0 Å². The number of fused-ring (bicyclic) bond motifs is 1. The van der Waals surface area contributed by atoms with Gasteiger partial charge in [0, 0.05) is 11.1 Å². The number of aromatic nitrogens is 1. The maximum atomic E-state index is 13.4. The van der Waals surface area contributed by atoms with E-state index >= 15 is 0 Å². The average molecular weight is 470 g/mol. The molecule has 0 fully saturated rings. The van der Waals surface area contributed by atoms with Gasteiger partial charge in [-0.15, -0.1) is 0 Å². The van der Waals surface area contributed by atoms with Gasteiger partial charge in [-0.25, -0.2) is 9.79 Å². The number of para-hydroxylation sites is 1. The molecule has 4 rings (SSSR count). The van der Waals surface area contributed by atoms with Crippen molar-refractivity contribution in [1.82, 2.24) is 4.57 Å². The molecular formula is C22H16ClN3O5S. The number of thiazole rings is 1. The van der Waals surface area contributed by atoms with Crippen molar-refractivity contribution >= 4 is 40.7 Å². The summed E-state index contributed by atoms with van der Waals surface area (Å²) in [4.78, 5) is 41.7. The molecule has 1 aromatic heterocycles. The number of carbonyl (C=O) groups excluding carboxylic acids is 1. The molecule has 162 valence electrons. The molecular weight excluding hydrogens is 454 g/mol. The predicted octanol–water partition coefficient (Wildman–Crippen LogP) is 2.97. The summed E-state index contributed by atoms with van der Waals surface area (Å²) in [5, 5.41) is 11.9. The summed E-state index contributed by atoms with van der Waals surface area (Å²) in [6.07, 6.45) is 1.47. The molecule has 2 aromatic carbocycles. The first kappa shape index (κ1) is 21.7. The molecule has 1 atom stereocenters. The highest BCUT2D eigenvalue weighted by molar-refractivity contribution is 7.07. The normalized spacial score (nSPS) is 15.8. The number of hydrogen-bond acceptors (Lipinski definition) is 7. The fraction of sp³-hybridized carbons (Fsp3) is 0.136. The minimum absolute atomic E-state index is 0.112. The third-order valence-corrected chi connectivity index (χ3v) is 6.27. The summed E-state index contributed by atoms with van der Waals surface area (Å²) in [7, 11) is 1.27. The van der Waals surface area contributed by atoms with Crippen LogP contribution in [0.4, 0.5) is 5.69 Å². The minimum Gasteiger partial charge on any atom is -0.466 e. The second kappa shape index (κ2) is 8.52. The van der Waals surface area contributed by atoms with Crippen molar-refractivity contribution in [3.8, 4) is 0 Å². The number of nitrogens with zero attached hydrogens (tertiary/aromatic N) is 3. The Balaban J connectivity index is 1.99. The van der Waals surface area contributed by atoms with Gasteiger partial charge < -0.3 is 4.74 Å². The number of esters is 1. The number of rotatable bonds is 4. The summed E-state index contributed by atoms with van der Waals surface area (Å²) in [6.45, 7) is 1.67. The molecule has 0 bridgehead atoms. The second-order valence-corrected chi connectivity index (χ2v) is 8.39. The van der Waals surface area contributed by atoms with Gasteiger partial charge in [-0.3, -0.25) is 19.5 Å². The smallest absolute Gasteiger partial charge is 0.338 e. The first-order valence-electron chi connectivity index (χ1n) is 9.41. The van der Waals surface area contributed by atoms with Gasteiger partial charge in [0.05, 0.1) is 39.4 Å². The number of halogens is 1. The number of nitro groups is 1. The molecule has 1 unspecified atom stereocenters. The van der Waals surface area contributed by atoms with Crippen LogP contribution in [0.15, 0.2) is 69.6 Å². The molecule has 10 heteroatoms. The monoisotopic (exact) mass is 469 g/mol. The molecule has 32 heavy (non-hydrogen) atoms. The largest absolute Gasteiger partial charge is 0.466 e. The zero-order valence-corrected chi connectivity index (χ0v) is 18.5. The molecule has 1 aliphatic rings. The number of allylic oxidation sites excluding steroid dienone is 1. The van der Waals surface area contributed by atoms with Gasteiger partial charge >= 0.3 is 5.97 Å². The van der Waals surface area contributed by atoms with Gasteiger partial charge in [0.25, 0.3) is 11.2 Å². The van der Waals surface area contributed by atoms with E-state index in [1.165, 1.54) is 23.8 Å². The van der Waals surface area contributed by atoms with Crippen molar-refractivity contribution in [2.45, 2.75) is 13.0 Å². The Labute approximate surface area is 190 Å². The van der Waals surface area contributed by atoms with Crippen LogP contribution in [0.1, 0.15) is 24.1 Å². The Hall–Kier alpha value is -3.56. The zero-order chi connectivity index (χ0) is 23.0. The molecule has 0 saturated heterocycles. The van der Waals surface area contributed by atoms with Crippen LogP contribution in [0.2, 0.25) is 5.02 Å². The summed E-state index contributed by atoms with van der Waals surface area (Å²) < 4.78 is 6.63. The Bertz CT molecular complexity index is 1450. The summed E-state index contributed by atoms with van der Waals surface area (Å²) in [5.74, 6) is -0.598. The highest BCUT2D eigenvalue weighted by Gasteiger charge is 2.33. The lowest BCUT2D eigenvalue weighted by molar-refractivity contribution is -0.385. The molecule has 1 aliphatic heterocycles. The van der Waals surface area contributed by atoms with Crippen LogP contribution in [-0.2, 0) is 9.53 Å². The average Bonchev–Trinajstić information content (AvgIpc) is 3.07. The van der Waals surface area contributed by atoms with E-state index in [1.54, 1.807) is 49.4 Å². The molecule has 0 radical (unpaired) electrons. The topological polar surface area (TPSA) is 104 Å². The lowest BCUT2D eigenvalue weighted by atomic mass is 9.96. The summed E-state index contributed by atoms with van der Waals surface area (Å²) in [5.41, 5.74) is 1.09. The first-order valence-corrected chi connectivity index (χ1v) is 10.6. The second-order valence-electron chi connectivity index (χ2n) is 6.94. The van der Waals surface area contributed by atoms with E-state index in [2.05, 4.69) is 4.99 Å². The Morgan fingerprint density at radius 1 is 1.25 bits per heavy atom. The number of nitro benzene ring substituents is 1. The zero-order valence-electron chi connectivity index (χ0n) is 16.9. The number of carbonyl (C=O) groups is 1. The van der Waals surface area contributed by atoms with E-state index in [-0.39, 0.29) is 15.8 Å². The van der Waals surface area contributed by atoms with Crippen molar-refractivity contribution in [1.29, 1.82) is 0 Å². The van der Waals surface area contributed by atoms with Gasteiger partial charge in [-0.05, 0) is 36.8 Å². The van der Waals surface area contributed by atoms with Crippen LogP contribution in [0.3, 0.4) is 0 Å². The fourth-order valence-electron chi connectivity index (χ4n) is 3.57. The summed E-state index contributed by atoms with van der Waals surface area (Å²) >= 11 is 7.12. The van der Waals surface area contributed by atoms with E-state index in [9.17, 15) is 19.7 Å². The van der Waals surface area contributed by atoms with Crippen LogP contribution in [-0.4, -0.2) is 22.6 Å². The van der Waals surface area contributed by atoms with Crippen LogP contribution < -0.4 is 14.9 Å². The maximum Gasteiger partial charge on any atom is 0.338 e. The first-order chi connectivity index (χ1) is 15.3. The van der Waals surface area contributed by atoms with Gasteiger partial charge in [0.1, 0.15) is 0 Å². The van der Waals surface area contributed by atoms with Gasteiger partial charge in [0.2, 0.25) is 0 Å². The Kier molecular flexibility index (Phi) is 5.77. The van der Waals surface area contributed by atoms with Gasteiger partial charge in [-0.1, -0.05) is 47.2 Å². The maximum absolute atomic E-state index is 13.4. The van der Waals surface area contributed by atoms with Crippen molar-refractivity contribution < 1.29 is 14.5 Å². The van der Waals surface area contributed by atoms with Gasteiger partial charge in [-0.2, -0.15) is 0 Å². The highest BCUT2D eigenvalue weighted by atomic mass is 35.5. The molecule has 0 saturated carbocycles. The predicted molar refractivity (Wildman–Crippen MR) is 120 cm³/mol. The molecule has 0 N–H and O–H groups in total. The van der Waals surface area contributed by atoms with Crippen molar-refractivity contribution in [3.05, 3.63) is 106 Å². The fourth-order valence-corrected chi connectivity index (χ4v) is 4.73. The number of hydrogen-bond donors (Lipinski definition) is 0. The van der Waals surface area contributed by atoms with Crippen LogP contribution in [0.5, 0.6) is 0 Å². The lowest BCUT2D eigenvalue weighted by Crippen LogP contribution is -2.39. The molecule has 2 heterocycles. The van der Waals surface area contributed by atoms with E-state index < -0.39 is 22.5 Å². The van der Waals surface area contributed by atoms with Gasteiger partial charge in [0.15, 0.2) is 4.80 Å². The third-order valence-electron chi connectivity index (χ3n) is 5.03. The van der Waals surface area contributed by atoms with Crippen molar-refractivity contribution in [2.75, 3.05) is 7.11 Å². The summed E-state index contributed by atoms with van der Waals surface area (Å²) in [6, 6.07) is 12.2. The number of ether oxygens (including phenoxy) is 1. The minimum atomic E-state index is -0.774. The van der Waals surface area contributed by atoms with E-state index in [0.29, 0.717) is 26.6 Å². The Morgan fingerprint density at radius 3 is 2.59 bits per heavy atom. The number of methoxy groups -OCH3 is 1. The highest BCUT2D eigenvalue weighted by Crippen LogP contribution is 2.31. The van der Waals surface area contributed by atoms with Crippen LogP contribution in [0.25, 0.3) is 6.08 Å². The van der Waals surface area contributed by atoms with Crippen LogP contribution >= 0.6 is 22.9 Å². The lowest BCUT2D eigenvalue weighted by Gasteiger charge is -2.24. The van der Waals surface area contributed by atoms with E-state index in [1.807, 2.05) is 0 Å². The van der Waals surface area contributed by atoms with Crippen LogP contribution in [0, 0.1) is 10.1 Å². The van der Waals surface area contributed by atoms with Crippen molar-refractivity contribution in [2.24, 2.45) is 4.99 Å². The molecule has 0 amide bonds. The number of benzene rings is 2. The molecule has 3 aromatic rings. The van der Waals surface area contributed by atoms with E-state index in [0.717, 1.165) is 11.3 Å². The van der Waals surface area contributed by atoms with E-state index in [4.69, 9.17) is 16.3 Å². The quantitative estimate of drug-likeness (QED) is 0.332. The molecule has 8 nitrogen and oxygen atoms in total. The molecule has 0 spiro atoms. The molecule has 0 aliphatic carbocycles.